The largest absolute Gasteiger partial charge is 0.377 e. The molecule has 0 unspecified atom stereocenters. The first-order chi connectivity index (χ1) is 11.6. The van der Waals surface area contributed by atoms with Crippen LogP contribution in [0.5, 0.6) is 0 Å². The van der Waals surface area contributed by atoms with Crippen molar-refractivity contribution in [2.75, 3.05) is 23.9 Å². The fraction of sp³-hybridized carbons (Fsp3) is 0.333. The van der Waals surface area contributed by atoms with Gasteiger partial charge in [-0.05, 0) is 24.3 Å². The fourth-order valence-corrected chi connectivity index (χ4v) is 3.43. The molecule has 1 N–H and O–H groups in total. The fourth-order valence-electron chi connectivity index (χ4n) is 2.45. The van der Waals surface area contributed by atoms with Gasteiger partial charge in [-0.2, -0.15) is 0 Å². The quantitative estimate of drug-likeness (QED) is 0.817. The topological polar surface area (TPSA) is 84.4 Å². The molecule has 1 aliphatic rings. The highest BCUT2D eigenvalue weighted by molar-refractivity contribution is 9.10. The van der Waals surface area contributed by atoms with E-state index in [2.05, 4.69) is 31.4 Å². The number of hydrogen-bond acceptors (Lipinski definition) is 6. The van der Waals surface area contributed by atoms with E-state index in [-0.39, 0.29) is 18.2 Å². The van der Waals surface area contributed by atoms with Crippen LogP contribution < -0.4 is 10.2 Å². The van der Waals surface area contributed by atoms with E-state index >= 15 is 0 Å². The molecule has 0 saturated carbocycles. The first-order valence-corrected chi connectivity index (χ1v) is 8.86. The molecular weight excluding hydrogens is 396 g/mol. The van der Waals surface area contributed by atoms with Gasteiger partial charge >= 0.3 is 0 Å². The van der Waals surface area contributed by atoms with Crippen molar-refractivity contribution in [3.63, 3.8) is 0 Å². The molecule has 2 heterocycles. The maximum absolute atomic E-state index is 12.4. The zero-order valence-corrected chi connectivity index (χ0v) is 15.3. The number of rotatable bonds is 5. The SMILES string of the molecule is COCc1nnc(NC(=O)[C@@H]2CC(=O)N(c3ccc(Br)cc3)C2)s1. The maximum Gasteiger partial charge on any atom is 0.231 e. The number of halogens is 1. The number of hydrogen-bond donors (Lipinski definition) is 1. The molecule has 0 spiro atoms. The number of carbonyl (C=O) groups excluding carboxylic acids is 2. The zero-order valence-electron chi connectivity index (χ0n) is 12.9. The van der Waals surface area contributed by atoms with Crippen molar-refractivity contribution in [3.05, 3.63) is 33.7 Å². The van der Waals surface area contributed by atoms with Crippen molar-refractivity contribution in [1.29, 1.82) is 0 Å². The summed E-state index contributed by atoms with van der Waals surface area (Å²) >= 11 is 4.63. The Labute approximate surface area is 151 Å². The molecular formula is C15H15BrN4O3S. The Morgan fingerprint density at radius 3 is 2.88 bits per heavy atom. The van der Waals surface area contributed by atoms with Crippen LogP contribution in [0.1, 0.15) is 11.4 Å². The molecule has 1 fully saturated rings. The van der Waals surface area contributed by atoms with Crippen LogP contribution in [0.15, 0.2) is 28.7 Å². The normalized spacial score (nSPS) is 17.3. The number of nitrogens with one attached hydrogen (secondary N) is 1. The lowest BCUT2D eigenvalue weighted by Crippen LogP contribution is -2.28. The van der Waals surface area contributed by atoms with Gasteiger partial charge in [0.05, 0.1) is 5.92 Å². The summed E-state index contributed by atoms with van der Waals surface area (Å²) in [5, 5.41) is 11.7. The number of benzene rings is 1. The Kier molecular flexibility index (Phi) is 5.22. The van der Waals surface area contributed by atoms with Crippen LogP contribution in [0.4, 0.5) is 10.8 Å². The van der Waals surface area contributed by atoms with Crippen LogP contribution in [-0.4, -0.2) is 35.7 Å². The first kappa shape index (κ1) is 17.0. The molecule has 1 aliphatic heterocycles. The second kappa shape index (κ2) is 7.37. The predicted molar refractivity (Wildman–Crippen MR) is 93.9 cm³/mol. The van der Waals surface area contributed by atoms with E-state index < -0.39 is 5.92 Å². The Hall–Kier alpha value is -1.84. The van der Waals surface area contributed by atoms with Crippen molar-refractivity contribution in [2.45, 2.75) is 13.0 Å². The van der Waals surface area contributed by atoms with Crippen LogP contribution in [-0.2, 0) is 20.9 Å². The Morgan fingerprint density at radius 2 is 2.17 bits per heavy atom. The van der Waals surface area contributed by atoms with Gasteiger partial charge in [-0.15, -0.1) is 10.2 Å². The third kappa shape index (κ3) is 3.80. The van der Waals surface area contributed by atoms with Crippen molar-refractivity contribution in [1.82, 2.24) is 10.2 Å². The summed E-state index contributed by atoms with van der Waals surface area (Å²) in [4.78, 5) is 26.2. The van der Waals surface area contributed by atoms with Gasteiger partial charge in [-0.3, -0.25) is 9.59 Å². The van der Waals surface area contributed by atoms with Crippen LogP contribution >= 0.6 is 27.3 Å². The van der Waals surface area contributed by atoms with Crippen molar-refractivity contribution < 1.29 is 14.3 Å². The van der Waals surface area contributed by atoms with Crippen LogP contribution in [0.2, 0.25) is 0 Å². The molecule has 1 aromatic carbocycles. The third-order valence-corrected chi connectivity index (χ3v) is 4.94. The summed E-state index contributed by atoms with van der Waals surface area (Å²) in [5.74, 6) is -0.686. The lowest BCUT2D eigenvalue weighted by Gasteiger charge is -2.16. The molecule has 0 radical (unpaired) electrons. The van der Waals surface area contributed by atoms with Gasteiger partial charge < -0.3 is 15.0 Å². The highest BCUT2D eigenvalue weighted by Crippen LogP contribution is 2.27. The van der Waals surface area contributed by atoms with Crippen LogP contribution in [0.25, 0.3) is 0 Å². The Balaban J connectivity index is 1.64. The lowest BCUT2D eigenvalue weighted by molar-refractivity contribution is -0.122. The first-order valence-electron chi connectivity index (χ1n) is 7.25. The molecule has 126 valence electrons. The molecule has 2 aromatic rings. The number of ether oxygens (including phenoxy) is 1. The molecule has 2 amide bonds. The van der Waals surface area contributed by atoms with Gasteiger partial charge in [0, 0.05) is 30.2 Å². The van der Waals surface area contributed by atoms with Crippen molar-refractivity contribution in [3.8, 4) is 0 Å². The lowest BCUT2D eigenvalue weighted by atomic mass is 10.1. The highest BCUT2D eigenvalue weighted by atomic mass is 79.9. The zero-order chi connectivity index (χ0) is 17.1. The standard InChI is InChI=1S/C15H15BrN4O3S/c1-23-8-12-18-19-15(24-12)17-14(22)9-6-13(21)20(7-9)11-4-2-10(16)3-5-11/h2-5,9H,6-8H2,1H3,(H,17,19,22)/t9-/m1/s1. The second-order valence-electron chi connectivity index (χ2n) is 5.31. The number of anilines is 2. The minimum absolute atomic E-state index is 0.0604. The van der Waals surface area contributed by atoms with Gasteiger partial charge in [0.1, 0.15) is 11.6 Å². The maximum atomic E-state index is 12.4. The number of aromatic nitrogens is 2. The van der Waals surface area contributed by atoms with E-state index in [0.717, 1.165) is 10.2 Å². The van der Waals surface area contributed by atoms with Gasteiger partial charge in [-0.25, -0.2) is 0 Å². The van der Waals surface area contributed by atoms with Gasteiger partial charge in [0.15, 0.2) is 0 Å². The highest BCUT2D eigenvalue weighted by Gasteiger charge is 2.35. The summed E-state index contributed by atoms with van der Waals surface area (Å²) in [5.41, 5.74) is 0.789. The smallest absolute Gasteiger partial charge is 0.231 e. The van der Waals surface area contributed by atoms with Crippen LogP contribution in [0.3, 0.4) is 0 Å². The molecule has 0 bridgehead atoms. The monoisotopic (exact) mass is 410 g/mol. The molecule has 3 rings (SSSR count). The minimum Gasteiger partial charge on any atom is -0.377 e. The second-order valence-corrected chi connectivity index (χ2v) is 7.28. The average Bonchev–Trinajstić information content (AvgIpc) is 3.15. The van der Waals surface area contributed by atoms with Gasteiger partial charge in [0.25, 0.3) is 0 Å². The molecule has 7 nitrogen and oxygen atoms in total. The van der Waals surface area contributed by atoms with Crippen molar-refractivity contribution >= 4 is 49.9 Å². The van der Waals surface area contributed by atoms with E-state index in [1.54, 1.807) is 12.0 Å². The number of carbonyl (C=O) groups is 2. The number of amides is 2. The van der Waals surface area contributed by atoms with E-state index in [0.29, 0.717) is 23.3 Å². The number of methoxy groups -OCH3 is 1. The van der Waals surface area contributed by atoms with Crippen LogP contribution in [0, 0.1) is 5.92 Å². The van der Waals surface area contributed by atoms with E-state index in [4.69, 9.17) is 4.74 Å². The predicted octanol–water partition coefficient (Wildman–Crippen LogP) is 2.44. The third-order valence-electron chi connectivity index (χ3n) is 3.60. The molecule has 1 aromatic heterocycles. The summed E-state index contributed by atoms with van der Waals surface area (Å²) in [6.45, 7) is 0.711. The molecule has 9 heteroatoms. The van der Waals surface area contributed by atoms with Gasteiger partial charge in [-0.1, -0.05) is 27.3 Å². The Morgan fingerprint density at radius 1 is 1.42 bits per heavy atom. The summed E-state index contributed by atoms with van der Waals surface area (Å²) in [6.07, 6.45) is 0.186. The van der Waals surface area contributed by atoms with Crippen molar-refractivity contribution in [2.24, 2.45) is 5.92 Å². The van der Waals surface area contributed by atoms with E-state index in [1.165, 1.54) is 11.3 Å². The molecule has 1 saturated heterocycles. The average molecular weight is 411 g/mol. The molecule has 24 heavy (non-hydrogen) atoms. The van der Waals surface area contributed by atoms with E-state index in [1.807, 2.05) is 24.3 Å². The summed E-state index contributed by atoms with van der Waals surface area (Å²) in [7, 11) is 1.57. The minimum atomic E-state index is -0.407. The summed E-state index contributed by atoms with van der Waals surface area (Å²) < 4.78 is 5.91. The summed E-state index contributed by atoms with van der Waals surface area (Å²) in [6, 6.07) is 7.44. The van der Waals surface area contributed by atoms with Gasteiger partial charge in [0.2, 0.25) is 16.9 Å². The molecule has 1 atom stereocenters. The number of nitrogens with zero attached hydrogens (tertiary/aromatic N) is 3. The molecule has 0 aliphatic carbocycles. The van der Waals surface area contributed by atoms with E-state index in [9.17, 15) is 9.59 Å². The Bertz CT molecular complexity index is 749.